The Morgan fingerprint density at radius 2 is 1.92 bits per heavy atom. The van der Waals surface area contributed by atoms with Gasteiger partial charge in [-0.2, -0.15) is 0 Å². The Labute approximate surface area is 150 Å². The van der Waals surface area contributed by atoms with Gasteiger partial charge in [-0.05, 0) is 48.4 Å². The van der Waals surface area contributed by atoms with Crippen molar-refractivity contribution in [3.8, 4) is 11.5 Å². The summed E-state index contributed by atoms with van der Waals surface area (Å²) in [5.74, 6) is -1.76. The minimum atomic E-state index is -1.01. The summed E-state index contributed by atoms with van der Waals surface area (Å²) in [6.07, 6.45) is 2.19. The number of phenols is 1. The van der Waals surface area contributed by atoms with Crippen LogP contribution in [0.5, 0.6) is 11.5 Å². The summed E-state index contributed by atoms with van der Waals surface area (Å²) in [6.45, 7) is 2.01. The number of carbonyl (C=O) groups excluding carboxylic acids is 1. The molecule has 0 saturated carbocycles. The molecule has 1 heterocycles. The summed E-state index contributed by atoms with van der Waals surface area (Å²) < 4.78 is 10.7. The molecule has 0 amide bonds. The summed E-state index contributed by atoms with van der Waals surface area (Å²) >= 11 is 0. The lowest BCUT2D eigenvalue weighted by Crippen LogP contribution is -2.18. The minimum absolute atomic E-state index is 0.0996. The quantitative estimate of drug-likeness (QED) is 0.632. The van der Waals surface area contributed by atoms with E-state index in [0.717, 1.165) is 0 Å². The minimum Gasteiger partial charge on any atom is -0.508 e. The van der Waals surface area contributed by atoms with Gasteiger partial charge in [-0.15, -0.1) is 0 Å². The molecule has 2 aromatic rings. The molecule has 1 aliphatic heterocycles. The average molecular weight is 354 g/mol. The Kier molecular flexibility index (Phi) is 4.93. The van der Waals surface area contributed by atoms with E-state index in [1.807, 2.05) is 0 Å². The number of ether oxygens (including phenoxy) is 2. The fourth-order valence-corrected chi connectivity index (χ4v) is 2.93. The zero-order valence-electron chi connectivity index (χ0n) is 14.1. The van der Waals surface area contributed by atoms with Gasteiger partial charge in [0.1, 0.15) is 23.5 Å². The highest BCUT2D eigenvalue weighted by molar-refractivity contribution is 5.87. The predicted octanol–water partition coefficient (Wildman–Crippen LogP) is 3.27. The molecule has 1 aliphatic rings. The second-order valence-electron chi connectivity index (χ2n) is 5.83. The van der Waals surface area contributed by atoms with Crippen LogP contribution < -0.4 is 4.74 Å². The first-order valence-corrected chi connectivity index (χ1v) is 8.16. The third-order valence-electron chi connectivity index (χ3n) is 4.11. The monoisotopic (exact) mass is 354 g/mol. The molecule has 2 aromatic carbocycles. The van der Waals surface area contributed by atoms with Crippen LogP contribution in [0.15, 0.2) is 48.5 Å². The molecule has 0 saturated heterocycles. The second kappa shape index (κ2) is 7.31. The number of carbonyl (C=O) groups is 2. The van der Waals surface area contributed by atoms with Crippen molar-refractivity contribution in [1.29, 1.82) is 0 Å². The maximum absolute atomic E-state index is 11.9. The van der Waals surface area contributed by atoms with E-state index < -0.39 is 24.0 Å². The topological polar surface area (TPSA) is 93.1 Å². The summed E-state index contributed by atoms with van der Waals surface area (Å²) in [5.41, 5.74) is 1.88. The molecular formula is C20H18O6. The van der Waals surface area contributed by atoms with E-state index in [1.54, 1.807) is 43.3 Å². The molecule has 2 atom stereocenters. The fourth-order valence-electron chi connectivity index (χ4n) is 2.93. The Morgan fingerprint density at radius 3 is 2.58 bits per heavy atom. The van der Waals surface area contributed by atoms with Crippen molar-refractivity contribution in [2.24, 2.45) is 0 Å². The number of carboxylic acid groups (broad SMARTS) is 1. The van der Waals surface area contributed by atoms with E-state index in [9.17, 15) is 19.8 Å². The van der Waals surface area contributed by atoms with Crippen molar-refractivity contribution < 1.29 is 29.3 Å². The summed E-state index contributed by atoms with van der Waals surface area (Å²) in [6, 6.07) is 11.4. The van der Waals surface area contributed by atoms with Crippen LogP contribution in [0.25, 0.3) is 6.08 Å². The molecule has 0 aliphatic carbocycles. The molecule has 0 unspecified atom stereocenters. The number of aromatic hydroxyl groups is 1. The van der Waals surface area contributed by atoms with Crippen molar-refractivity contribution in [3.63, 3.8) is 0 Å². The second-order valence-corrected chi connectivity index (χ2v) is 5.83. The van der Waals surface area contributed by atoms with Crippen molar-refractivity contribution in [1.82, 2.24) is 0 Å². The number of esters is 1. The van der Waals surface area contributed by atoms with E-state index >= 15 is 0 Å². The van der Waals surface area contributed by atoms with Crippen LogP contribution >= 0.6 is 0 Å². The van der Waals surface area contributed by atoms with Crippen molar-refractivity contribution in [2.75, 3.05) is 6.61 Å². The Morgan fingerprint density at radius 1 is 1.19 bits per heavy atom. The maximum atomic E-state index is 11.9. The first-order chi connectivity index (χ1) is 12.5. The first-order valence-electron chi connectivity index (χ1n) is 8.16. The zero-order chi connectivity index (χ0) is 18.7. The highest BCUT2D eigenvalue weighted by Gasteiger charge is 2.40. The number of hydrogen-bond acceptors (Lipinski definition) is 5. The van der Waals surface area contributed by atoms with Crippen LogP contribution in [0.3, 0.4) is 0 Å². The van der Waals surface area contributed by atoms with Crippen LogP contribution in [0, 0.1) is 0 Å². The predicted molar refractivity (Wildman–Crippen MR) is 94.0 cm³/mol. The number of phenolic OH excluding ortho intramolecular Hbond substituents is 1. The maximum Gasteiger partial charge on any atom is 0.330 e. The van der Waals surface area contributed by atoms with Gasteiger partial charge in [0.25, 0.3) is 0 Å². The highest BCUT2D eigenvalue weighted by atomic mass is 16.5. The van der Waals surface area contributed by atoms with Gasteiger partial charge in [0.2, 0.25) is 0 Å². The first kappa shape index (κ1) is 17.5. The lowest BCUT2D eigenvalue weighted by Gasteiger charge is -2.16. The van der Waals surface area contributed by atoms with E-state index in [-0.39, 0.29) is 12.4 Å². The smallest absolute Gasteiger partial charge is 0.330 e. The Bertz CT molecular complexity index is 853. The molecule has 134 valence electrons. The molecule has 0 bridgehead atoms. The van der Waals surface area contributed by atoms with Crippen LogP contribution in [0.1, 0.15) is 35.6 Å². The van der Waals surface area contributed by atoms with E-state index in [2.05, 4.69) is 0 Å². The number of fused-ring (bicyclic) bond motifs is 1. The largest absolute Gasteiger partial charge is 0.508 e. The van der Waals surface area contributed by atoms with Gasteiger partial charge in [0.15, 0.2) is 0 Å². The van der Waals surface area contributed by atoms with Gasteiger partial charge in [-0.1, -0.05) is 18.2 Å². The standard InChI is InChI=1S/C20H18O6/c1-2-25-17(22)10-4-12-3-9-16-15(11-12)18(20(23)24)19(26-16)13-5-7-14(21)8-6-13/h3-11,18-19,21H,2H2,1H3,(H,23,24)/b10-4+/t18-,19+/m0/s1. The van der Waals surface area contributed by atoms with Gasteiger partial charge >= 0.3 is 11.9 Å². The van der Waals surface area contributed by atoms with Crippen molar-refractivity contribution >= 4 is 18.0 Å². The Balaban J connectivity index is 1.91. The van der Waals surface area contributed by atoms with E-state index in [4.69, 9.17) is 9.47 Å². The fraction of sp³-hybridized carbons (Fsp3) is 0.200. The van der Waals surface area contributed by atoms with Gasteiger partial charge in [-0.3, -0.25) is 4.79 Å². The lowest BCUT2D eigenvalue weighted by molar-refractivity contribution is -0.140. The van der Waals surface area contributed by atoms with Crippen molar-refractivity contribution in [2.45, 2.75) is 18.9 Å². The molecule has 26 heavy (non-hydrogen) atoms. The molecule has 0 fully saturated rings. The normalized spacial score (nSPS) is 18.3. The average Bonchev–Trinajstić information content (AvgIpc) is 2.99. The van der Waals surface area contributed by atoms with Crippen LogP contribution in [-0.4, -0.2) is 28.8 Å². The van der Waals surface area contributed by atoms with Gasteiger partial charge in [0.05, 0.1) is 6.61 Å². The Hall–Kier alpha value is -3.28. The number of aliphatic carboxylic acids is 1. The molecule has 3 rings (SSSR count). The summed E-state index contributed by atoms with van der Waals surface area (Å²) in [5, 5.41) is 19.1. The summed E-state index contributed by atoms with van der Waals surface area (Å²) in [7, 11) is 0. The summed E-state index contributed by atoms with van der Waals surface area (Å²) in [4.78, 5) is 23.3. The van der Waals surface area contributed by atoms with Crippen LogP contribution in [0.2, 0.25) is 0 Å². The molecule has 0 aromatic heterocycles. The van der Waals surface area contributed by atoms with Crippen LogP contribution in [-0.2, 0) is 14.3 Å². The molecule has 2 N–H and O–H groups in total. The van der Waals surface area contributed by atoms with Gasteiger partial charge < -0.3 is 19.7 Å². The molecule has 0 spiro atoms. The number of carboxylic acids is 1. The zero-order valence-corrected chi connectivity index (χ0v) is 14.1. The van der Waals surface area contributed by atoms with Gasteiger partial charge in [-0.25, -0.2) is 4.79 Å². The lowest BCUT2D eigenvalue weighted by atomic mass is 9.90. The van der Waals surface area contributed by atoms with Crippen LogP contribution in [0.4, 0.5) is 0 Å². The number of benzene rings is 2. The SMILES string of the molecule is CCOC(=O)/C=C/c1ccc2c(c1)[C@H](C(=O)O)[C@@H](c1ccc(O)cc1)O2. The molecule has 6 nitrogen and oxygen atoms in total. The van der Waals surface area contributed by atoms with Gasteiger partial charge in [0, 0.05) is 11.6 Å². The number of rotatable bonds is 5. The molecule has 0 radical (unpaired) electrons. The van der Waals surface area contributed by atoms with E-state index in [1.165, 1.54) is 18.2 Å². The molecule has 6 heteroatoms. The van der Waals surface area contributed by atoms with Crippen molar-refractivity contribution in [3.05, 3.63) is 65.2 Å². The number of hydrogen-bond donors (Lipinski definition) is 2. The third kappa shape index (κ3) is 3.54. The molecular weight excluding hydrogens is 336 g/mol. The third-order valence-corrected chi connectivity index (χ3v) is 4.11. The highest BCUT2D eigenvalue weighted by Crippen LogP contribution is 2.46. The van der Waals surface area contributed by atoms with E-state index in [0.29, 0.717) is 22.4 Å².